The molecular formula is C11H24N2. The number of likely N-dealkylation sites (N-methyl/N-ethyl adjacent to an activating group) is 1. The van der Waals surface area contributed by atoms with Gasteiger partial charge < -0.3 is 10.2 Å². The van der Waals surface area contributed by atoms with Gasteiger partial charge in [0.05, 0.1) is 0 Å². The SMILES string of the molecule is CC(C)CC1(C)CNCCN(C)C1. The fourth-order valence-corrected chi connectivity index (χ4v) is 2.57. The Kier molecular flexibility index (Phi) is 3.74. The van der Waals surface area contributed by atoms with Crippen LogP contribution >= 0.6 is 0 Å². The molecule has 0 saturated carbocycles. The van der Waals surface area contributed by atoms with Crippen LogP contribution < -0.4 is 5.32 Å². The molecule has 1 fully saturated rings. The molecule has 78 valence electrons. The maximum absolute atomic E-state index is 3.53. The van der Waals surface area contributed by atoms with E-state index in [1.165, 1.54) is 26.1 Å². The third-order valence-corrected chi connectivity index (χ3v) is 2.77. The first kappa shape index (κ1) is 11.0. The van der Waals surface area contributed by atoms with Crippen molar-refractivity contribution in [2.24, 2.45) is 11.3 Å². The van der Waals surface area contributed by atoms with Gasteiger partial charge in [-0.3, -0.25) is 0 Å². The Morgan fingerprint density at radius 2 is 2.15 bits per heavy atom. The molecule has 0 aromatic rings. The summed E-state index contributed by atoms with van der Waals surface area (Å²) in [7, 11) is 2.23. The molecule has 0 aliphatic carbocycles. The van der Waals surface area contributed by atoms with Gasteiger partial charge in [0, 0.05) is 26.2 Å². The van der Waals surface area contributed by atoms with Crippen LogP contribution in [-0.2, 0) is 0 Å². The van der Waals surface area contributed by atoms with Crippen LogP contribution in [-0.4, -0.2) is 38.1 Å². The zero-order valence-electron chi connectivity index (χ0n) is 9.56. The third-order valence-electron chi connectivity index (χ3n) is 2.77. The van der Waals surface area contributed by atoms with Crippen LogP contribution in [0, 0.1) is 11.3 Å². The maximum Gasteiger partial charge on any atom is 0.0104 e. The van der Waals surface area contributed by atoms with Crippen molar-refractivity contribution in [2.75, 3.05) is 33.2 Å². The second-order valence-corrected chi connectivity index (χ2v) is 5.32. The fraction of sp³-hybridized carbons (Fsp3) is 1.00. The molecule has 1 N–H and O–H groups in total. The molecule has 2 nitrogen and oxygen atoms in total. The molecule has 1 rings (SSSR count). The number of hydrogen-bond donors (Lipinski definition) is 1. The highest BCUT2D eigenvalue weighted by Gasteiger charge is 2.28. The highest BCUT2D eigenvalue weighted by atomic mass is 15.1. The Balaban J connectivity index is 2.52. The molecule has 1 atom stereocenters. The van der Waals surface area contributed by atoms with Crippen molar-refractivity contribution < 1.29 is 0 Å². The summed E-state index contributed by atoms with van der Waals surface area (Å²) in [6.45, 7) is 11.8. The fourth-order valence-electron chi connectivity index (χ4n) is 2.57. The number of nitrogens with zero attached hydrogens (tertiary/aromatic N) is 1. The summed E-state index contributed by atoms with van der Waals surface area (Å²) in [6.07, 6.45) is 1.32. The molecule has 1 aliphatic rings. The van der Waals surface area contributed by atoms with E-state index >= 15 is 0 Å². The number of rotatable bonds is 2. The lowest BCUT2D eigenvalue weighted by atomic mass is 9.81. The molecular weight excluding hydrogens is 160 g/mol. The van der Waals surface area contributed by atoms with Crippen LogP contribution in [0.3, 0.4) is 0 Å². The molecule has 0 spiro atoms. The third kappa shape index (κ3) is 3.65. The van der Waals surface area contributed by atoms with Crippen molar-refractivity contribution in [1.29, 1.82) is 0 Å². The molecule has 13 heavy (non-hydrogen) atoms. The minimum atomic E-state index is 0.472. The molecule has 1 saturated heterocycles. The molecule has 1 heterocycles. The van der Waals surface area contributed by atoms with Crippen LogP contribution in [0.4, 0.5) is 0 Å². The molecule has 1 unspecified atom stereocenters. The van der Waals surface area contributed by atoms with E-state index in [2.05, 4.69) is 38.0 Å². The predicted molar refractivity (Wildman–Crippen MR) is 57.9 cm³/mol. The number of nitrogens with one attached hydrogen (secondary N) is 1. The lowest BCUT2D eigenvalue weighted by molar-refractivity contribution is 0.187. The zero-order chi connectivity index (χ0) is 9.90. The monoisotopic (exact) mass is 184 g/mol. The average Bonchev–Trinajstić information content (AvgIpc) is 2.09. The van der Waals surface area contributed by atoms with Gasteiger partial charge in [-0.1, -0.05) is 20.8 Å². The second kappa shape index (κ2) is 4.43. The van der Waals surface area contributed by atoms with Gasteiger partial charge in [0.25, 0.3) is 0 Å². The van der Waals surface area contributed by atoms with E-state index in [1.807, 2.05) is 0 Å². The smallest absolute Gasteiger partial charge is 0.0104 e. The van der Waals surface area contributed by atoms with E-state index in [4.69, 9.17) is 0 Å². The highest BCUT2D eigenvalue weighted by molar-refractivity contribution is 4.83. The van der Waals surface area contributed by atoms with Crippen LogP contribution in [0.15, 0.2) is 0 Å². The van der Waals surface area contributed by atoms with Crippen LogP contribution in [0.5, 0.6) is 0 Å². The van der Waals surface area contributed by atoms with Crippen molar-refractivity contribution in [3.05, 3.63) is 0 Å². The van der Waals surface area contributed by atoms with Gasteiger partial charge >= 0.3 is 0 Å². The summed E-state index contributed by atoms with van der Waals surface area (Å²) < 4.78 is 0. The van der Waals surface area contributed by atoms with Gasteiger partial charge in [-0.2, -0.15) is 0 Å². The van der Waals surface area contributed by atoms with Crippen LogP contribution in [0.25, 0.3) is 0 Å². The summed E-state index contributed by atoms with van der Waals surface area (Å²) in [5.41, 5.74) is 0.472. The van der Waals surface area contributed by atoms with Crippen LogP contribution in [0.2, 0.25) is 0 Å². The standard InChI is InChI=1S/C11H24N2/c1-10(2)7-11(3)8-12-5-6-13(4)9-11/h10,12H,5-9H2,1-4H3. The van der Waals surface area contributed by atoms with E-state index in [-0.39, 0.29) is 0 Å². The summed E-state index contributed by atoms with van der Waals surface area (Å²) in [6, 6.07) is 0. The maximum atomic E-state index is 3.53. The molecule has 0 aromatic heterocycles. The first-order chi connectivity index (χ1) is 6.02. The van der Waals surface area contributed by atoms with Crippen molar-refractivity contribution in [2.45, 2.75) is 27.2 Å². The molecule has 0 amide bonds. The Bertz CT molecular complexity index is 156. The van der Waals surface area contributed by atoms with Gasteiger partial charge in [0.1, 0.15) is 0 Å². The Labute approximate surface area is 82.7 Å². The number of hydrogen-bond acceptors (Lipinski definition) is 2. The predicted octanol–water partition coefficient (Wildman–Crippen LogP) is 1.57. The van der Waals surface area contributed by atoms with Crippen LogP contribution in [0.1, 0.15) is 27.2 Å². The Morgan fingerprint density at radius 1 is 1.46 bits per heavy atom. The van der Waals surface area contributed by atoms with Gasteiger partial charge in [-0.05, 0) is 24.8 Å². The minimum Gasteiger partial charge on any atom is -0.315 e. The molecule has 2 heteroatoms. The molecule has 0 bridgehead atoms. The van der Waals surface area contributed by atoms with Gasteiger partial charge in [0.15, 0.2) is 0 Å². The quantitative estimate of drug-likeness (QED) is 0.701. The highest BCUT2D eigenvalue weighted by Crippen LogP contribution is 2.27. The van der Waals surface area contributed by atoms with Gasteiger partial charge in [-0.25, -0.2) is 0 Å². The largest absolute Gasteiger partial charge is 0.315 e. The average molecular weight is 184 g/mol. The van der Waals surface area contributed by atoms with Crippen molar-refractivity contribution in [3.63, 3.8) is 0 Å². The summed E-state index contributed by atoms with van der Waals surface area (Å²) in [4.78, 5) is 2.45. The Morgan fingerprint density at radius 3 is 2.77 bits per heavy atom. The molecule has 1 aliphatic heterocycles. The normalized spacial score (nSPS) is 32.1. The minimum absolute atomic E-state index is 0.472. The van der Waals surface area contributed by atoms with E-state index in [0.29, 0.717) is 5.41 Å². The first-order valence-electron chi connectivity index (χ1n) is 5.41. The van der Waals surface area contributed by atoms with E-state index in [0.717, 1.165) is 12.5 Å². The summed E-state index contributed by atoms with van der Waals surface area (Å²) in [5, 5.41) is 3.53. The Hall–Kier alpha value is -0.0800. The lowest BCUT2D eigenvalue weighted by Crippen LogP contribution is -2.37. The molecule has 0 aromatic carbocycles. The second-order valence-electron chi connectivity index (χ2n) is 5.32. The van der Waals surface area contributed by atoms with Gasteiger partial charge in [-0.15, -0.1) is 0 Å². The zero-order valence-corrected chi connectivity index (χ0v) is 9.56. The summed E-state index contributed by atoms with van der Waals surface area (Å²) >= 11 is 0. The van der Waals surface area contributed by atoms with Gasteiger partial charge in [0.2, 0.25) is 0 Å². The van der Waals surface area contributed by atoms with E-state index < -0.39 is 0 Å². The topological polar surface area (TPSA) is 15.3 Å². The van der Waals surface area contributed by atoms with E-state index in [9.17, 15) is 0 Å². The van der Waals surface area contributed by atoms with Crippen molar-refractivity contribution >= 4 is 0 Å². The van der Waals surface area contributed by atoms with Crippen molar-refractivity contribution in [1.82, 2.24) is 10.2 Å². The molecule has 0 radical (unpaired) electrons. The lowest BCUT2D eigenvalue weighted by Gasteiger charge is -2.32. The summed E-state index contributed by atoms with van der Waals surface area (Å²) in [5.74, 6) is 0.804. The van der Waals surface area contributed by atoms with E-state index in [1.54, 1.807) is 0 Å². The van der Waals surface area contributed by atoms with Crippen molar-refractivity contribution in [3.8, 4) is 0 Å². The first-order valence-corrected chi connectivity index (χ1v) is 5.41.